The third-order valence-corrected chi connectivity index (χ3v) is 5.43. The summed E-state index contributed by atoms with van der Waals surface area (Å²) >= 11 is 2.19. The van der Waals surface area contributed by atoms with E-state index in [2.05, 4.69) is 37.5 Å². The lowest BCUT2D eigenvalue weighted by Gasteiger charge is -2.12. The largest absolute Gasteiger partial charge is 0.470 e. The molecule has 150 valence electrons. The van der Waals surface area contributed by atoms with Crippen LogP contribution in [-0.2, 0) is 22.7 Å². The van der Waals surface area contributed by atoms with E-state index in [1.807, 2.05) is 48.5 Å². The number of rotatable bonds is 7. The van der Waals surface area contributed by atoms with E-state index in [-0.39, 0.29) is 18.7 Å². The van der Waals surface area contributed by atoms with Crippen molar-refractivity contribution in [3.63, 3.8) is 0 Å². The topological polar surface area (TPSA) is 92.4 Å². The summed E-state index contributed by atoms with van der Waals surface area (Å²) in [5, 5.41) is 0. The van der Waals surface area contributed by atoms with Gasteiger partial charge in [-0.15, -0.1) is 0 Å². The summed E-state index contributed by atoms with van der Waals surface area (Å²) in [4.78, 5) is 13.2. The molecule has 1 saturated heterocycles. The highest BCUT2D eigenvalue weighted by Crippen LogP contribution is 2.30. The number of hydrogen-bond donors (Lipinski definition) is 1. The first-order valence-electron chi connectivity index (χ1n) is 9.34. The number of nitrogens with zero attached hydrogens (tertiary/aromatic N) is 3. The minimum absolute atomic E-state index is 0.152. The van der Waals surface area contributed by atoms with Crippen molar-refractivity contribution in [2.45, 2.75) is 25.7 Å². The van der Waals surface area contributed by atoms with Crippen molar-refractivity contribution in [2.75, 3.05) is 18.9 Å². The first kappa shape index (κ1) is 20.0. The normalized spacial score (nSPS) is 16.1. The number of hydrogen-bond acceptors (Lipinski definition) is 7. The molecule has 0 spiro atoms. The molecule has 0 radical (unpaired) electrons. The standard InChI is InChI=1S/C21H21IN4O3/c22-18-19(14-5-2-1-3-6-14)25-21(23)26-20(18)29-12-16-8-4-7-15(24-16)11-28-17-9-10-27-13-17/h1-8,17H,9-13H2,(H2,23,25,26)/t17-/m0/s1. The molecule has 1 aliphatic heterocycles. The maximum absolute atomic E-state index is 5.94. The van der Waals surface area contributed by atoms with Crippen molar-refractivity contribution >= 4 is 28.5 Å². The number of benzene rings is 1. The van der Waals surface area contributed by atoms with Gasteiger partial charge in [0.25, 0.3) is 0 Å². The fraction of sp³-hybridized carbons (Fsp3) is 0.286. The predicted molar refractivity (Wildman–Crippen MR) is 117 cm³/mol. The summed E-state index contributed by atoms with van der Waals surface area (Å²) < 4.78 is 17.9. The molecule has 4 rings (SSSR count). The molecule has 29 heavy (non-hydrogen) atoms. The molecule has 0 amide bonds. The summed E-state index contributed by atoms with van der Waals surface area (Å²) in [6.45, 7) is 2.15. The number of nitrogens with two attached hydrogens (primary N) is 1. The zero-order valence-corrected chi connectivity index (χ0v) is 17.9. The van der Waals surface area contributed by atoms with Crippen LogP contribution in [0.15, 0.2) is 48.5 Å². The highest BCUT2D eigenvalue weighted by Gasteiger charge is 2.17. The van der Waals surface area contributed by atoms with E-state index in [1.54, 1.807) is 0 Å². The molecule has 1 aromatic carbocycles. The van der Waals surface area contributed by atoms with Crippen LogP contribution in [0, 0.1) is 3.57 Å². The Kier molecular flexibility index (Phi) is 6.53. The van der Waals surface area contributed by atoms with Gasteiger partial charge >= 0.3 is 0 Å². The van der Waals surface area contributed by atoms with Gasteiger partial charge in [0.1, 0.15) is 10.2 Å². The number of ether oxygens (including phenoxy) is 3. The molecule has 0 unspecified atom stereocenters. The molecular formula is C21H21IN4O3. The zero-order valence-electron chi connectivity index (χ0n) is 15.8. The molecule has 3 aromatic rings. The molecule has 0 saturated carbocycles. The highest BCUT2D eigenvalue weighted by molar-refractivity contribution is 14.1. The van der Waals surface area contributed by atoms with Crippen molar-refractivity contribution < 1.29 is 14.2 Å². The van der Waals surface area contributed by atoms with Gasteiger partial charge in [0, 0.05) is 12.2 Å². The van der Waals surface area contributed by atoms with E-state index < -0.39 is 0 Å². The molecule has 7 nitrogen and oxygen atoms in total. The van der Waals surface area contributed by atoms with Crippen LogP contribution in [0.3, 0.4) is 0 Å². The Labute approximate surface area is 182 Å². The third-order valence-electron chi connectivity index (χ3n) is 4.46. The Morgan fingerprint density at radius 3 is 2.55 bits per heavy atom. The second-order valence-electron chi connectivity index (χ2n) is 6.62. The van der Waals surface area contributed by atoms with Gasteiger partial charge in [-0.25, -0.2) is 4.98 Å². The van der Waals surface area contributed by atoms with Crippen LogP contribution in [0.1, 0.15) is 17.8 Å². The van der Waals surface area contributed by atoms with Crippen LogP contribution in [0.25, 0.3) is 11.3 Å². The molecular weight excluding hydrogens is 483 g/mol. The van der Waals surface area contributed by atoms with Crippen molar-refractivity contribution in [1.29, 1.82) is 0 Å². The van der Waals surface area contributed by atoms with Gasteiger partial charge in [0.15, 0.2) is 0 Å². The maximum atomic E-state index is 5.94. The van der Waals surface area contributed by atoms with E-state index in [0.29, 0.717) is 19.1 Å². The van der Waals surface area contributed by atoms with Gasteiger partial charge in [0.05, 0.1) is 36.4 Å². The number of halogens is 1. The molecule has 2 aromatic heterocycles. The van der Waals surface area contributed by atoms with Crippen LogP contribution in [0.2, 0.25) is 0 Å². The second-order valence-corrected chi connectivity index (χ2v) is 7.70. The van der Waals surface area contributed by atoms with E-state index in [9.17, 15) is 0 Å². The minimum atomic E-state index is 0.152. The van der Waals surface area contributed by atoms with E-state index in [4.69, 9.17) is 19.9 Å². The first-order valence-corrected chi connectivity index (χ1v) is 10.4. The molecule has 8 heteroatoms. The third kappa shape index (κ3) is 5.20. The number of anilines is 1. The summed E-state index contributed by atoms with van der Waals surface area (Å²) in [5.41, 5.74) is 9.28. The van der Waals surface area contributed by atoms with E-state index in [0.717, 1.165) is 39.2 Å². The smallest absolute Gasteiger partial charge is 0.233 e. The monoisotopic (exact) mass is 504 g/mol. The SMILES string of the molecule is Nc1nc(OCc2cccc(CO[C@H]3CCOC3)n2)c(I)c(-c2ccccc2)n1. The molecule has 0 bridgehead atoms. The van der Waals surface area contributed by atoms with Gasteiger partial charge in [-0.05, 0) is 41.1 Å². The van der Waals surface area contributed by atoms with Crippen LogP contribution in [-0.4, -0.2) is 34.3 Å². The lowest BCUT2D eigenvalue weighted by Crippen LogP contribution is -2.13. The quantitative estimate of drug-likeness (QED) is 0.492. The zero-order chi connectivity index (χ0) is 20.1. The van der Waals surface area contributed by atoms with Crippen LogP contribution < -0.4 is 10.5 Å². The Hall–Kier alpha value is -2.30. The molecule has 3 heterocycles. The Morgan fingerprint density at radius 2 is 1.79 bits per heavy atom. The van der Waals surface area contributed by atoms with E-state index >= 15 is 0 Å². The Balaban J connectivity index is 1.45. The van der Waals surface area contributed by atoms with Crippen molar-refractivity contribution in [3.8, 4) is 17.1 Å². The molecule has 1 atom stereocenters. The highest BCUT2D eigenvalue weighted by atomic mass is 127. The number of pyridine rings is 1. The predicted octanol–water partition coefficient (Wildman–Crippen LogP) is 3.61. The lowest BCUT2D eigenvalue weighted by molar-refractivity contribution is 0.0300. The van der Waals surface area contributed by atoms with Gasteiger partial charge < -0.3 is 19.9 Å². The fourth-order valence-electron chi connectivity index (χ4n) is 3.01. The fourth-order valence-corrected chi connectivity index (χ4v) is 3.71. The second kappa shape index (κ2) is 9.47. The average molecular weight is 504 g/mol. The van der Waals surface area contributed by atoms with Crippen molar-refractivity contribution in [2.24, 2.45) is 0 Å². The molecule has 0 aliphatic carbocycles. The van der Waals surface area contributed by atoms with Crippen LogP contribution in [0.5, 0.6) is 5.88 Å². The molecule has 1 aliphatic rings. The van der Waals surface area contributed by atoms with Crippen LogP contribution >= 0.6 is 22.6 Å². The van der Waals surface area contributed by atoms with Gasteiger partial charge in [-0.2, -0.15) is 4.98 Å². The summed E-state index contributed by atoms with van der Waals surface area (Å²) in [6, 6.07) is 15.6. The van der Waals surface area contributed by atoms with Crippen molar-refractivity contribution in [1.82, 2.24) is 15.0 Å². The maximum Gasteiger partial charge on any atom is 0.233 e. The lowest BCUT2D eigenvalue weighted by atomic mass is 10.1. The summed E-state index contributed by atoms with van der Waals surface area (Å²) in [5.74, 6) is 0.622. The molecule has 2 N–H and O–H groups in total. The van der Waals surface area contributed by atoms with Gasteiger partial charge in [-0.3, -0.25) is 4.98 Å². The van der Waals surface area contributed by atoms with Gasteiger partial charge in [-0.1, -0.05) is 36.4 Å². The average Bonchev–Trinajstić information content (AvgIpc) is 3.27. The van der Waals surface area contributed by atoms with Crippen molar-refractivity contribution in [3.05, 3.63) is 63.5 Å². The Morgan fingerprint density at radius 1 is 1.00 bits per heavy atom. The Bertz CT molecular complexity index is 965. The molecule has 1 fully saturated rings. The summed E-state index contributed by atoms with van der Waals surface area (Å²) in [7, 11) is 0. The van der Waals surface area contributed by atoms with Crippen LogP contribution in [0.4, 0.5) is 5.95 Å². The summed E-state index contributed by atoms with van der Waals surface area (Å²) in [6.07, 6.45) is 1.08. The minimum Gasteiger partial charge on any atom is -0.470 e. The van der Waals surface area contributed by atoms with Gasteiger partial charge in [0.2, 0.25) is 11.8 Å². The number of nitrogen functional groups attached to an aromatic ring is 1. The number of aromatic nitrogens is 3. The van der Waals surface area contributed by atoms with E-state index in [1.165, 1.54) is 0 Å². The first-order chi connectivity index (χ1) is 14.2.